The van der Waals surface area contributed by atoms with Gasteiger partial charge < -0.3 is 9.52 Å². The number of aromatic nitrogens is 1. The number of hydrogen-bond donors (Lipinski definition) is 2. The molecular weight excluding hydrogens is 372 g/mol. The summed E-state index contributed by atoms with van der Waals surface area (Å²) in [7, 11) is 0. The van der Waals surface area contributed by atoms with E-state index in [0.717, 1.165) is 16.5 Å². The van der Waals surface area contributed by atoms with Crippen molar-refractivity contribution in [3.05, 3.63) is 40.7 Å². The normalized spacial score (nSPS) is 11.7. The fourth-order valence-electron chi connectivity index (χ4n) is 1.94. The minimum absolute atomic E-state index is 0. The highest BCUT2D eigenvalue weighted by molar-refractivity contribution is 9.10. The molecule has 0 fully saturated rings. The third kappa shape index (κ3) is 5.12. The zero-order chi connectivity index (χ0) is 15.2. The number of nitrogens with one attached hydrogen (secondary N) is 1. The van der Waals surface area contributed by atoms with E-state index in [2.05, 4.69) is 26.2 Å². The highest BCUT2D eigenvalue weighted by atomic mass is 79.9. The average Bonchev–Trinajstić information content (AvgIpc) is 2.92. The van der Waals surface area contributed by atoms with Crippen LogP contribution in [0.25, 0.3) is 11.5 Å². The fourth-order valence-corrected chi connectivity index (χ4v) is 2.21. The summed E-state index contributed by atoms with van der Waals surface area (Å²) in [5.74, 6) is -0.310. The molecule has 0 aliphatic rings. The molecule has 0 saturated heterocycles. The van der Waals surface area contributed by atoms with Crippen molar-refractivity contribution in [3.8, 4) is 11.5 Å². The molecule has 1 aromatic heterocycles. The summed E-state index contributed by atoms with van der Waals surface area (Å²) in [5.41, 5.74) is 1.57. The molecule has 22 heavy (non-hydrogen) atoms. The number of halogens is 2. The third-order valence-electron chi connectivity index (χ3n) is 3.05. The number of carbonyl (C=O) groups is 1. The van der Waals surface area contributed by atoms with Crippen LogP contribution < -0.4 is 5.32 Å². The summed E-state index contributed by atoms with van der Waals surface area (Å²) in [6.45, 7) is 2.33. The van der Waals surface area contributed by atoms with Gasteiger partial charge in [-0.1, -0.05) is 29.3 Å². The quantitative estimate of drug-likeness (QED) is 0.752. The van der Waals surface area contributed by atoms with E-state index >= 15 is 0 Å². The highest BCUT2D eigenvalue weighted by Gasteiger charge is 2.16. The third-order valence-corrected chi connectivity index (χ3v) is 3.58. The summed E-state index contributed by atoms with van der Waals surface area (Å²) < 4.78 is 6.42. The number of carboxylic acids is 1. The molecular formula is C15H18BrClN2O3. The Balaban J connectivity index is 0.00000242. The Labute approximate surface area is 143 Å². The van der Waals surface area contributed by atoms with Crippen molar-refractivity contribution in [1.29, 1.82) is 0 Å². The Morgan fingerprint density at radius 2 is 2.09 bits per heavy atom. The summed E-state index contributed by atoms with van der Waals surface area (Å²) in [6, 6.07) is 7.09. The van der Waals surface area contributed by atoms with Crippen molar-refractivity contribution in [1.82, 2.24) is 10.3 Å². The van der Waals surface area contributed by atoms with Crippen LogP contribution in [0.2, 0.25) is 0 Å². The Morgan fingerprint density at radius 1 is 1.41 bits per heavy atom. The van der Waals surface area contributed by atoms with Crippen LogP contribution in [0.3, 0.4) is 0 Å². The van der Waals surface area contributed by atoms with Gasteiger partial charge >= 0.3 is 5.97 Å². The first kappa shape index (κ1) is 18.7. The molecule has 2 rings (SSSR count). The van der Waals surface area contributed by atoms with Gasteiger partial charge in [0.25, 0.3) is 0 Å². The van der Waals surface area contributed by atoms with Gasteiger partial charge in [-0.2, -0.15) is 0 Å². The minimum Gasteiger partial charge on any atom is -0.480 e. The second kappa shape index (κ2) is 8.92. The lowest BCUT2D eigenvalue weighted by Crippen LogP contribution is -2.36. The van der Waals surface area contributed by atoms with Crippen LogP contribution in [0.5, 0.6) is 0 Å². The van der Waals surface area contributed by atoms with Crippen molar-refractivity contribution in [2.75, 3.05) is 0 Å². The molecule has 2 N–H and O–H groups in total. The zero-order valence-corrected chi connectivity index (χ0v) is 14.5. The van der Waals surface area contributed by atoms with Gasteiger partial charge in [-0.15, -0.1) is 12.4 Å². The van der Waals surface area contributed by atoms with Crippen molar-refractivity contribution in [2.45, 2.75) is 32.4 Å². The molecule has 5 nitrogen and oxygen atoms in total. The summed E-state index contributed by atoms with van der Waals surface area (Å²) in [5, 5.41) is 12.1. The predicted molar refractivity (Wildman–Crippen MR) is 90.1 cm³/mol. The summed E-state index contributed by atoms with van der Waals surface area (Å²) in [6.07, 6.45) is 2.95. The van der Waals surface area contributed by atoms with E-state index < -0.39 is 12.0 Å². The molecule has 0 amide bonds. The van der Waals surface area contributed by atoms with Crippen LogP contribution in [0, 0.1) is 0 Å². The largest absolute Gasteiger partial charge is 0.480 e. The van der Waals surface area contributed by atoms with Gasteiger partial charge in [0, 0.05) is 16.6 Å². The first-order valence-corrected chi connectivity index (χ1v) is 7.56. The number of hydrogen-bond acceptors (Lipinski definition) is 4. The Bertz CT molecular complexity index is 601. The number of oxazole rings is 1. The maximum Gasteiger partial charge on any atom is 0.320 e. The van der Waals surface area contributed by atoms with Gasteiger partial charge in [0.15, 0.2) is 0 Å². The lowest BCUT2D eigenvalue weighted by molar-refractivity contribution is -0.139. The van der Waals surface area contributed by atoms with Crippen molar-refractivity contribution >= 4 is 34.3 Å². The van der Waals surface area contributed by atoms with Crippen molar-refractivity contribution < 1.29 is 14.3 Å². The van der Waals surface area contributed by atoms with E-state index in [1.807, 2.05) is 31.2 Å². The van der Waals surface area contributed by atoms with Crippen molar-refractivity contribution in [2.24, 2.45) is 0 Å². The van der Waals surface area contributed by atoms with Crippen LogP contribution in [-0.4, -0.2) is 22.1 Å². The van der Waals surface area contributed by atoms with Crippen LogP contribution in [0.4, 0.5) is 0 Å². The van der Waals surface area contributed by atoms with Gasteiger partial charge in [0.1, 0.15) is 12.3 Å². The van der Waals surface area contributed by atoms with E-state index in [0.29, 0.717) is 24.6 Å². The molecule has 0 spiro atoms. The number of rotatable bonds is 7. The number of carboxylic acid groups (broad SMARTS) is 1. The maximum absolute atomic E-state index is 11.1. The average molecular weight is 390 g/mol. The Hall–Kier alpha value is -1.37. The number of aliphatic carboxylic acids is 1. The molecule has 1 unspecified atom stereocenters. The first-order valence-electron chi connectivity index (χ1n) is 6.76. The number of nitrogens with zero attached hydrogens (tertiary/aromatic N) is 1. The SMILES string of the molecule is CCCC(NCc1coc(-c2ccc(Br)cc2)n1)C(=O)O.Cl. The Kier molecular flexibility index (Phi) is 7.58. The molecule has 0 saturated carbocycles. The van der Waals surface area contributed by atoms with Gasteiger partial charge in [0.05, 0.1) is 5.69 Å². The maximum atomic E-state index is 11.1. The molecule has 0 aliphatic heterocycles. The standard InChI is InChI=1S/C15H17BrN2O3.ClH/c1-2-3-13(15(19)20)17-8-12-9-21-14(18-12)10-4-6-11(16)7-5-10;/h4-7,9,13,17H,2-3,8H2,1H3,(H,19,20);1H. The van der Waals surface area contributed by atoms with Crippen LogP contribution in [-0.2, 0) is 11.3 Å². The molecule has 7 heteroatoms. The molecule has 0 bridgehead atoms. The lowest BCUT2D eigenvalue weighted by atomic mass is 10.1. The first-order chi connectivity index (χ1) is 10.1. The molecule has 2 aromatic rings. The summed E-state index contributed by atoms with van der Waals surface area (Å²) in [4.78, 5) is 15.4. The van der Waals surface area contributed by atoms with Gasteiger partial charge in [-0.25, -0.2) is 4.98 Å². The summed E-state index contributed by atoms with van der Waals surface area (Å²) >= 11 is 3.38. The van der Waals surface area contributed by atoms with E-state index in [4.69, 9.17) is 9.52 Å². The van der Waals surface area contributed by atoms with Gasteiger partial charge in [0.2, 0.25) is 5.89 Å². The smallest absolute Gasteiger partial charge is 0.320 e. The lowest BCUT2D eigenvalue weighted by Gasteiger charge is -2.11. The molecule has 120 valence electrons. The van der Waals surface area contributed by atoms with E-state index in [1.54, 1.807) is 6.26 Å². The van der Waals surface area contributed by atoms with Crippen LogP contribution in [0.1, 0.15) is 25.5 Å². The second-order valence-electron chi connectivity index (χ2n) is 4.71. The zero-order valence-electron chi connectivity index (χ0n) is 12.1. The van der Waals surface area contributed by atoms with E-state index in [-0.39, 0.29) is 12.4 Å². The predicted octanol–water partition coefficient (Wildman–Crippen LogP) is 3.87. The van der Waals surface area contributed by atoms with Gasteiger partial charge in [-0.3, -0.25) is 10.1 Å². The second-order valence-corrected chi connectivity index (χ2v) is 5.63. The molecule has 0 radical (unpaired) electrons. The number of benzene rings is 1. The molecule has 0 aliphatic carbocycles. The highest BCUT2D eigenvalue weighted by Crippen LogP contribution is 2.21. The van der Waals surface area contributed by atoms with Crippen LogP contribution in [0.15, 0.2) is 39.4 Å². The van der Waals surface area contributed by atoms with Crippen LogP contribution >= 0.6 is 28.3 Å². The molecule has 1 atom stereocenters. The molecule has 1 heterocycles. The minimum atomic E-state index is -0.839. The molecule has 1 aromatic carbocycles. The fraction of sp³-hybridized carbons (Fsp3) is 0.333. The monoisotopic (exact) mass is 388 g/mol. The van der Waals surface area contributed by atoms with Gasteiger partial charge in [-0.05, 0) is 30.7 Å². The van der Waals surface area contributed by atoms with Crippen molar-refractivity contribution in [3.63, 3.8) is 0 Å². The topological polar surface area (TPSA) is 75.4 Å². The Morgan fingerprint density at radius 3 is 2.68 bits per heavy atom. The van der Waals surface area contributed by atoms with E-state index in [1.165, 1.54) is 0 Å². The van der Waals surface area contributed by atoms with E-state index in [9.17, 15) is 4.79 Å².